The molecule has 0 aliphatic heterocycles. The van der Waals surface area contributed by atoms with Crippen molar-refractivity contribution in [3.8, 4) is 62.7 Å². The van der Waals surface area contributed by atoms with Crippen LogP contribution in [0.2, 0.25) is 0 Å². The average molecular weight is 834 g/mol. The van der Waals surface area contributed by atoms with Crippen LogP contribution in [0.3, 0.4) is 0 Å². The number of benzene rings is 9. The van der Waals surface area contributed by atoms with Crippen LogP contribution in [0.5, 0.6) is 0 Å². The summed E-state index contributed by atoms with van der Waals surface area (Å²) in [7, 11) is 0. The zero-order chi connectivity index (χ0) is 45.6. The molecule has 7 heteroatoms. The summed E-state index contributed by atoms with van der Waals surface area (Å²) < 4.78 is 39.9. The summed E-state index contributed by atoms with van der Waals surface area (Å²) in [6.45, 7) is 0. The SMILES string of the molecule is [2H]c1c([2H])c(-n2c3ccccc3c3ccc4c(c5ccccc5n4-c4ccccc4)c32)c(C#N)c([2H])c1-c1nc(-c2ccc(-c3ccccc3)cc2)nc(-c2ccc3oc4ccccc4c3c2)n1. The third kappa shape index (κ3) is 5.78. The van der Waals surface area contributed by atoms with Crippen molar-refractivity contribution in [2.24, 2.45) is 0 Å². The molecule has 13 aromatic rings. The third-order valence-electron chi connectivity index (χ3n) is 12.4. The fourth-order valence-corrected chi connectivity index (χ4v) is 9.41. The first-order valence-corrected chi connectivity index (χ1v) is 21.3. The van der Waals surface area contributed by atoms with Crippen LogP contribution in [0.4, 0.5) is 0 Å². The number of para-hydroxylation sites is 4. The summed E-state index contributed by atoms with van der Waals surface area (Å²) >= 11 is 0. The van der Waals surface area contributed by atoms with Crippen LogP contribution < -0.4 is 0 Å². The van der Waals surface area contributed by atoms with Crippen LogP contribution in [-0.4, -0.2) is 24.1 Å². The Morgan fingerprint density at radius 2 is 1.03 bits per heavy atom. The maximum atomic E-state index is 11.2. The van der Waals surface area contributed by atoms with Gasteiger partial charge in [-0.3, -0.25) is 0 Å². The Balaban J connectivity index is 1.07. The molecule has 4 heterocycles. The number of rotatable bonds is 6. The third-order valence-corrected chi connectivity index (χ3v) is 12.4. The van der Waals surface area contributed by atoms with E-state index in [2.05, 4.69) is 59.2 Å². The highest BCUT2D eigenvalue weighted by Gasteiger charge is 2.23. The lowest BCUT2D eigenvalue weighted by Gasteiger charge is -2.13. The van der Waals surface area contributed by atoms with E-state index in [1.165, 1.54) is 0 Å². The quantitative estimate of drug-likeness (QED) is 0.167. The van der Waals surface area contributed by atoms with Crippen LogP contribution in [0.25, 0.3) is 122 Å². The second-order valence-electron chi connectivity index (χ2n) is 16.0. The number of hydrogen-bond acceptors (Lipinski definition) is 5. The van der Waals surface area contributed by atoms with Gasteiger partial charge < -0.3 is 13.6 Å². The van der Waals surface area contributed by atoms with Gasteiger partial charge in [-0.2, -0.15) is 5.26 Å². The van der Waals surface area contributed by atoms with Crippen molar-refractivity contribution in [1.82, 2.24) is 24.1 Å². The lowest BCUT2D eigenvalue weighted by molar-refractivity contribution is 0.669. The smallest absolute Gasteiger partial charge is 0.164 e. The number of fused-ring (bicyclic) bond motifs is 10. The van der Waals surface area contributed by atoms with Gasteiger partial charge in [0.15, 0.2) is 17.5 Å². The summed E-state index contributed by atoms with van der Waals surface area (Å²) in [6.07, 6.45) is 0. The summed E-state index contributed by atoms with van der Waals surface area (Å²) in [4.78, 5) is 14.9. The first kappa shape index (κ1) is 33.5. The first-order chi connectivity index (χ1) is 33.4. The van der Waals surface area contributed by atoms with Crippen molar-refractivity contribution >= 4 is 65.6 Å². The largest absolute Gasteiger partial charge is 0.456 e. The van der Waals surface area contributed by atoms with Crippen molar-refractivity contribution in [2.75, 3.05) is 0 Å². The monoisotopic (exact) mass is 833 g/mol. The van der Waals surface area contributed by atoms with Gasteiger partial charge in [-0.05, 0) is 83.9 Å². The van der Waals surface area contributed by atoms with Gasteiger partial charge in [0.2, 0.25) is 0 Å². The van der Waals surface area contributed by atoms with E-state index >= 15 is 0 Å². The molecule has 0 amide bonds. The maximum Gasteiger partial charge on any atom is 0.164 e. The van der Waals surface area contributed by atoms with E-state index in [1.807, 2.05) is 144 Å². The van der Waals surface area contributed by atoms with Crippen LogP contribution in [0.15, 0.2) is 211 Å². The van der Waals surface area contributed by atoms with Crippen molar-refractivity contribution in [2.45, 2.75) is 0 Å². The standard InChI is InChI=1S/C58H34N6O/c59-35-41-33-39(27-30-48(41)64-49-20-10-7-17-43(49)45-29-31-51-54(55(45)64)46-19-8-11-21-50(46)63(51)42-15-5-2-6-16-42)57-60-56(38-25-23-37(24-26-38)36-13-3-1-4-14-36)61-58(62-57)40-28-32-53-47(34-40)44-18-9-12-22-52(44)65-53/h1-34H/i27D,30D,33D. The molecule has 0 saturated heterocycles. The van der Waals surface area contributed by atoms with Gasteiger partial charge in [-0.25, -0.2) is 15.0 Å². The highest BCUT2D eigenvalue weighted by atomic mass is 16.3. The molecule has 0 N–H and O–H groups in total. The topological polar surface area (TPSA) is 85.5 Å². The number of furan rings is 1. The molecule has 7 nitrogen and oxygen atoms in total. The van der Waals surface area contributed by atoms with Crippen LogP contribution in [0, 0.1) is 11.3 Å². The molecule has 0 radical (unpaired) electrons. The minimum Gasteiger partial charge on any atom is -0.456 e. The molecule has 0 bridgehead atoms. The van der Waals surface area contributed by atoms with E-state index in [0.29, 0.717) is 28.4 Å². The molecular weight excluding hydrogens is 797 g/mol. The van der Waals surface area contributed by atoms with Crippen LogP contribution >= 0.6 is 0 Å². The minimum atomic E-state index is -0.285. The van der Waals surface area contributed by atoms with Crippen LogP contribution in [-0.2, 0) is 0 Å². The molecular formula is C58H34N6O. The molecule has 0 aliphatic rings. The van der Waals surface area contributed by atoms with E-state index in [4.69, 9.17) is 19.4 Å². The summed E-state index contributed by atoms with van der Waals surface area (Å²) in [6, 6.07) is 63.7. The summed E-state index contributed by atoms with van der Waals surface area (Å²) in [5, 5.41) is 16.8. The average Bonchev–Trinajstić information content (AvgIpc) is 4.05. The Kier molecular flexibility index (Phi) is 7.46. The normalized spacial score (nSPS) is 12.3. The number of nitrogens with zero attached hydrogens (tertiary/aromatic N) is 6. The molecule has 65 heavy (non-hydrogen) atoms. The summed E-state index contributed by atoms with van der Waals surface area (Å²) in [5.74, 6) is 0.627. The Morgan fingerprint density at radius 1 is 0.446 bits per heavy atom. The van der Waals surface area contributed by atoms with Gasteiger partial charge in [0.1, 0.15) is 17.2 Å². The van der Waals surface area contributed by atoms with Gasteiger partial charge in [0, 0.05) is 54.7 Å². The predicted molar refractivity (Wildman–Crippen MR) is 262 cm³/mol. The van der Waals surface area contributed by atoms with E-state index in [-0.39, 0.29) is 40.8 Å². The van der Waals surface area contributed by atoms with Crippen molar-refractivity contribution < 1.29 is 8.53 Å². The Bertz CT molecular complexity index is 4250. The van der Waals surface area contributed by atoms with Gasteiger partial charge in [0.25, 0.3) is 0 Å². The fourth-order valence-electron chi connectivity index (χ4n) is 9.41. The first-order valence-electron chi connectivity index (χ1n) is 22.8. The lowest BCUT2D eigenvalue weighted by atomic mass is 10.0. The molecule has 0 fully saturated rings. The predicted octanol–water partition coefficient (Wildman–Crippen LogP) is 14.5. The maximum absolute atomic E-state index is 11.2. The van der Waals surface area contributed by atoms with Crippen LogP contribution in [0.1, 0.15) is 9.68 Å². The highest BCUT2D eigenvalue weighted by Crippen LogP contribution is 2.43. The van der Waals surface area contributed by atoms with Crippen molar-refractivity contribution in [3.05, 3.63) is 212 Å². The number of nitriles is 1. The van der Waals surface area contributed by atoms with Gasteiger partial charge in [-0.15, -0.1) is 0 Å². The number of hydrogen-bond donors (Lipinski definition) is 0. The molecule has 0 spiro atoms. The highest BCUT2D eigenvalue weighted by molar-refractivity contribution is 6.26. The van der Waals surface area contributed by atoms with E-state index in [0.717, 1.165) is 76.8 Å². The fraction of sp³-hybridized carbons (Fsp3) is 0. The van der Waals surface area contributed by atoms with E-state index in [1.54, 1.807) is 0 Å². The minimum absolute atomic E-state index is 0.0105. The zero-order valence-corrected chi connectivity index (χ0v) is 34.5. The molecule has 9 aromatic carbocycles. The van der Waals surface area contributed by atoms with Gasteiger partial charge in [-0.1, -0.05) is 133 Å². The zero-order valence-electron chi connectivity index (χ0n) is 37.5. The Morgan fingerprint density at radius 3 is 1.80 bits per heavy atom. The number of aromatic nitrogens is 5. The lowest BCUT2D eigenvalue weighted by Crippen LogP contribution is -2.02. The van der Waals surface area contributed by atoms with Gasteiger partial charge in [0.05, 0.1) is 37.4 Å². The Labute approximate surface area is 376 Å². The van der Waals surface area contributed by atoms with Gasteiger partial charge >= 0.3 is 0 Å². The second kappa shape index (κ2) is 14.5. The second-order valence-corrected chi connectivity index (χ2v) is 16.0. The molecule has 0 unspecified atom stereocenters. The molecule has 0 saturated carbocycles. The Hall–Kier alpha value is -9.12. The summed E-state index contributed by atoms with van der Waals surface area (Å²) in [5.41, 5.74) is 9.38. The van der Waals surface area contributed by atoms with E-state index in [9.17, 15) is 9.37 Å². The molecule has 302 valence electrons. The molecule has 0 aliphatic carbocycles. The molecule has 4 aromatic heterocycles. The molecule has 13 rings (SSSR count). The van der Waals surface area contributed by atoms with Crippen molar-refractivity contribution in [3.63, 3.8) is 0 Å². The molecule has 0 atom stereocenters. The van der Waals surface area contributed by atoms with E-state index < -0.39 is 0 Å². The van der Waals surface area contributed by atoms with Crippen molar-refractivity contribution in [1.29, 1.82) is 5.26 Å².